The van der Waals surface area contributed by atoms with Crippen LogP contribution in [0.4, 0.5) is 0 Å². The second-order valence-electron chi connectivity index (χ2n) is 3.44. The number of hydrogen-bond donors (Lipinski definition) is 1. The largest absolute Gasteiger partial charge is 0.496 e. The van der Waals surface area contributed by atoms with E-state index in [9.17, 15) is 4.79 Å². The van der Waals surface area contributed by atoms with Gasteiger partial charge in [0.05, 0.1) is 22.5 Å². The number of carboxylic acids is 1. The van der Waals surface area contributed by atoms with Crippen LogP contribution in [0.1, 0.15) is 13.3 Å². The Morgan fingerprint density at radius 1 is 1.35 bits per heavy atom. The Morgan fingerprint density at radius 3 is 2.41 bits per heavy atom. The highest BCUT2D eigenvalue weighted by molar-refractivity contribution is 9.11. The van der Waals surface area contributed by atoms with E-state index in [1.165, 1.54) is 0 Å². The predicted molar refractivity (Wildman–Crippen MR) is 70.7 cm³/mol. The fraction of sp³-hybridized carbons (Fsp3) is 0.364. The summed E-state index contributed by atoms with van der Waals surface area (Å²) < 4.78 is 12.1. The molecule has 1 aromatic rings. The zero-order chi connectivity index (χ0) is 13.0. The number of methoxy groups -OCH3 is 1. The molecule has 1 N–H and O–H groups in total. The molecule has 0 bridgehead atoms. The van der Waals surface area contributed by atoms with Crippen LogP contribution in [0.3, 0.4) is 0 Å². The van der Waals surface area contributed by atoms with Crippen LogP contribution >= 0.6 is 31.9 Å². The van der Waals surface area contributed by atoms with Gasteiger partial charge in [0.25, 0.3) is 0 Å². The summed E-state index contributed by atoms with van der Waals surface area (Å²) >= 11 is 6.68. The summed E-state index contributed by atoms with van der Waals surface area (Å²) in [6.45, 7) is 1.71. The van der Waals surface area contributed by atoms with Gasteiger partial charge in [0.1, 0.15) is 17.6 Å². The van der Waals surface area contributed by atoms with Gasteiger partial charge in [-0.15, -0.1) is 0 Å². The number of rotatable bonds is 5. The van der Waals surface area contributed by atoms with Crippen LogP contribution in [0.15, 0.2) is 21.1 Å². The molecule has 0 aliphatic carbocycles. The molecular weight excluding hydrogens is 356 g/mol. The average molecular weight is 368 g/mol. The minimum atomic E-state index is -0.888. The van der Waals surface area contributed by atoms with Crippen molar-refractivity contribution in [2.75, 3.05) is 7.11 Å². The summed E-state index contributed by atoms with van der Waals surface area (Å²) in [6.07, 6.45) is -0.445. The molecule has 0 radical (unpaired) electrons. The summed E-state index contributed by atoms with van der Waals surface area (Å²) in [5.41, 5.74) is 0. The van der Waals surface area contributed by atoms with Crippen molar-refractivity contribution in [3.05, 3.63) is 21.1 Å². The second kappa shape index (κ2) is 6.26. The van der Waals surface area contributed by atoms with Gasteiger partial charge in [-0.1, -0.05) is 0 Å². The lowest BCUT2D eigenvalue weighted by Gasteiger charge is -2.15. The summed E-state index contributed by atoms with van der Waals surface area (Å²) in [5.74, 6) is 0.364. The number of ether oxygens (including phenoxy) is 2. The third kappa shape index (κ3) is 4.20. The topological polar surface area (TPSA) is 55.8 Å². The summed E-state index contributed by atoms with van der Waals surface area (Å²) in [6, 6.07) is 3.49. The van der Waals surface area contributed by atoms with Crippen LogP contribution < -0.4 is 9.47 Å². The molecule has 0 amide bonds. The van der Waals surface area contributed by atoms with Crippen LogP contribution in [0.5, 0.6) is 11.5 Å². The van der Waals surface area contributed by atoms with Gasteiger partial charge in [-0.3, -0.25) is 4.79 Å². The number of carboxylic acid groups (broad SMARTS) is 1. The standard InChI is InChI=1S/C11H12Br2O4/c1-6(3-11(14)15)17-10-5-7(12)9(16-2)4-8(10)13/h4-6H,3H2,1-2H3,(H,14,15)/t6-/m1/s1. The van der Waals surface area contributed by atoms with Gasteiger partial charge in [-0.05, 0) is 50.9 Å². The molecule has 0 spiro atoms. The first-order valence-corrected chi connectivity index (χ1v) is 6.44. The van der Waals surface area contributed by atoms with E-state index in [0.29, 0.717) is 11.5 Å². The van der Waals surface area contributed by atoms with E-state index in [2.05, 4.69) is 31.9 Å². The fourth-order valence-electron chi connectivity index (χ4n) is 1.26. The minimum absolute atomic E-state index is 0.0455. The Balaban J connectivity index is 2.84. The van der Waals surface area contributed by atoms with E-state index in [1.807, 2.05) is 0 Å². The number of hydrogen-bond acceptors (Lipinski definition) is 3. The van der Waals surface area contributed by atoms with Gasteiger partial charge in [0.15, 0.2) is 0 Å². The smallest absolute Gasteiger partial charge is 0.307 e. The molecule has 4 nitrogen and oxygen atoms in total. The van der Waals surface area contributed by atoms with Gasteiger partial charge in [0.2, 0.25) is 0 Å². The SMILES string of the molecule is COc1cc(Br)c(O[C@H](C)CC(=O)O)cc1Br. The average Bonchev–Trinajstić information content (AvgIpc) is 2.21. The molecule has 17 heavy (non-hydrogen) atoms. The maximum atomic E-state index is 10.5. The molecule has 6 heteroatoms. The highest BCUT2D eigenvalue weighted by atomic mass is 79.9. The van der Waals surface area contributed by atoms with E-state index in [1.54, 1.807) is 26.2 Å². The molecule has 0 aromatic heterocycles. The quantitative estimate of drug-likeness (QED) is 0.865. The number of carbonyl (C=O) groups is 1. The molecule has 0 aliphatic rings. The second-order valence-corrected chi connectivity index (χ2v) is 5.15. The van der Waals surface area contributed by atoms with Crippen LogP contribution in [0.25, 0.3) is 0 Å². The van der Waals surface area contributed by atoms with Crippen molar-refractivity contribution in [3.63, 3.8) is 0 Å². The van der Waals surface area contributed by atoms with Crippen molar-refractivity contribution in [1.82, 2.24) is 0 Å². The zero-order valence-corrected chi connectivity index (χ0v) is 12.5. The molecule has 0 fully saturated rings. The van der Waals surface area contributed by atoms with Gasteiger partial charge in [0, 0.05) is 0 Å². The number of benzene rings is 1. The molecule has 1 aromatic carbocycles. The van der Waals surface area contributed by atoms with Crippen LogP contribution in [0, 0.1) is 0 Å². The molecule has 0 saturated carbocycles. The molecular formula is C11H12Br2O4. The lowest BCUT2D eigenvalue weighted by atomic mass is 10.2. The molecule has 94 valence electrons. The van der Waals surface area contributed by atoms with Crippen LogP contribution in [0.2, 0.25) is 0 Å². The van der Waals surface area contributed by atoms with E-state index < -0.39 is 12.1 Å². The van der Waals surface area contributed by atoms with Gasteiger partial charge in [-0.25, -0.2) is 0 Å². The van der Waals surface area contributed by atoms with Crippen molar-refractivity contribution in [3.8, 4) is 11.5 Å². The Hall–Kier alpha value is -0.750. The van der Waals surface area contributed by atoms with Crippen molar-refractivity contribution in [1.29, 1.82) is 0 Å². The highest BCUT2D eigenvalue weighted by Gasteiger charge is 2.13. The van der Waals surface area contributed by atoms with E-state index in [-0.39, 0.29) is 6.42 Å². The minimum Gasteiger partial charge on any atom is -0.496 e. The molecule has 0 heterocycles. The highest BCUT2D eigenvalue weighted by Crippen LogP contribution is 2.36. The molecule has 0 unspecified atom stereocenters. The van der Waals surface area contributed by atoms with Gasteiger partial charge >= 0.3 is 5.97 Å². The first kappa shape index (κ1) is 14.3. The van der Waals surface area contributed by atoms with Crippen LogP contribution in [-0.4, -0.2) is 24.3 Å². The lowest BCUT2D eigenvalue weighted by molar-refractivity contribution is -0.138. The van der Waals surface area contributed by atoms with Gasteiger partial charge < -0.3 is 14.6 Å². The number of aliphatic carboxylic acids is 1. The normalized spacial score (nSPS) is 12.0. The summed E-state index contributed by atoms with van der Waals surface area (Å²) in [7, 11) is 1.57. The lowest BCUT2D eigenvalue weighted by Crippen LogP contribution is -2.16. The van der Waals surface area contributed by atoms with Gasteiger partial charge in [-0.2, -0.15) is 0 Å². The van der Waals surface area contributed by atoms with Crippen molar-refractivity contribution < 1.29 is 19.4 Å². The van der Waals surface area contributed by atoms with Crippen molar-refractivity contribution in [2.24, 2.45) is 0 Å². The molecule has 0 saturated heterocycles. The maximum Gasteiger partial charge on any atom is 0.307 e. The van der Waals surface area contributed by atoms with Crippen LogP contribution in [-0.2, 0) is 4.79 Å². The first-order chi connectivity index (χ1) is 7.93. The van der Waals surface area contributed by atoms with E-state index >= 15 is 0 Å². The Morgan fingerprint density at radius 2 is 1.88 bits per heavy atom. The maximum absolute atomic E-state index is 10.5. The van der Waals surface area contributed by atoms with Crippen molar-refractivity contribution in [2.45, 2.75) is 19.4 Å². The van der Waals surface area contributed by atoms with E-state index in [0.717, 1.165) is 8.95 Å². The first-order valence-electron chi connectivity index (χ1n) is 4.85. The monoisotopic (exact) mass is 366 g/mol. The molecule has 0 aliphatic heterocycles. The summed E-state index contributed by atoms with van der Waals surface area (Å²) in [5, 5.41) is 8.65. The molecule has 1 rings (SSSR count). The molecule has 1 atom stereocenters. The van der Waals surface area contributed by atoms with Crippen molar-refractivity contribution >= 4 is 37.8 Å². The Kier molecular flexibility index (Phi) is 5.27. The summed E-state index contributed by atoms with van der Waals surface area (Å²) in [4.78, 5) is 10.5. The third-order valence-corrected chi connectivity index (χ3v) is 3.24. The Bertz CT molecular complexity index is 420. The van der Waals surface area contributed by atoms with E-state index in [4.69, 9.17) is 14.6 Å². The zero-order valence-electron chi connectivity index (χ0n) is 9.37. The fourth-order valence-corrected chi connectivity index (χ4v) is 2.16. The third-order valence-electron chi connectivity index (χ3n) is 2.00. The predicted octanol–water partition coefficient (Wildman–Crippen LogP) is 3.46. The Labute approximate surface area is 116 Å². The number of halogens is 2.